The number of rotatable bonds is 9. The van der Waals surface area contributed by atoms with Gasteiger partial charge in [0.15, 0.2) is 0 Å². The summed E-state index contributed by atoms with van der Waals surface area (Å²) in [5.74, 6) is -0.426. The van der Waals surface area contributed by atoms with Crippen LogP contribution in [0.3, 0.4) is 0 Å². The van der Waals surface area contributed by atoms with Crippen LogP contribution in [0.1, 0.15) is 22.9 Å². The van der Waals surface area contributed by atoms with Crippen LogP contribution >= 0.6 is 11.6 Å². The van der Waals surface area contributed by atoms with Crippen LogP contribution in [-0.2, 0) is 11.2 Å². The summed E-state index contributed by atoms with van der Waals surface area (Å²) in [6.07, 6.45) is 6.85. The third-order valence-electron chi connectivity index (χ3n) is 6.11. The molecule has 13 nitrogen and oxygen atoms in total. The quantitative estimate of drug-likeness (QED) is 0.188. The molecule has 42 heavy (non-hydrogen) atoms. The van der Waals surface area contributed by atoms with Crippen LogP contribution in [0.15, 0.2) is 90.3 Å². The number of hydrogen-bond donors (Lipinski definition) is 4. The van der Waals surface area contributed by atoms with Crippen molar-refractivity contribution in [1.82, 2.24) is 40.7 Å². The predicted molar refractivity (Wildman–Crippen MR) is 154 cm³/mol. The second-order valence-electron chi connectivity index (χ2n) is 8.96. The highest BCUT2D eigenvalue weighted by atomic mass is 35.5. The Kier molecular flexibility index (Phi) is 8.40. The molecule has 2 aromatic carbocycles. The average molecular weight is 584 g/mol. The van der Waals surface area contributed by atoms with Crippen molar-refractivity contribution in [3.63, 3.8) is 0 Å². The molecule has 1 atom stereocenters. The molecule has 3 heterocycles. The normalized spacial score (nSPS) is 11.7. The van der Waals surface area contributed by atoms with E-state index in [9.17, 15) is 14.4 Å². The van der Waals surface area contributed by atoms with E-state index >= 15 is 0 Å². The summed E-state index contributed by atoms with van der Waals surface area (Å²) in [5, 5.41) is 32.5. The number of tetrazole rings is 1. The van der Waals surface area contributed by atoms with E-state index in [1.165, 1.54) is 17.1 Å². The number of anilines is 1. The second-order valence-corrected chi connectivity index (χ2v) is 9.40. The fourth-order valence-corrected chi connectivity index (χ4v) is 4.36. The summed E-state index contributed by atoms with van der Waals surface area (Å²) in [7, 11) is 0. The van der Waals surface area contributed by atoms with E-state index in [2.05, 4.69) is 41.3 Å². The minimum Gasteiger partial charge on any atom is -0.465 e. The Morgan fingerprint density at radius 2 is 1.95 bits per heavy atom. The Bertz CT molecular complexity index is 1790. The van der Waals surface area contributed by atoms with Crippen LogP contribution in [0.25, 0.3) is 22.9 Å². The van der Waals surface area contributed by atoms with Crippen LogP contribution in [0.2, 0.25) is 5.02 Å². The van der Waals surface area contributed by atoms with Crippen LogP contribution < -0.4 is 16.2 Å². The van der Waals surface area contributed by atoms with Gasteiger partial charge < -0.3 is 10.4 Å². The van der Waals surface area contributed by atoms with Gasteiger partial charge in [-0.2, -0.15) is 9.78 Å². The van der Waals surface area contributed by atoms with Gasteiger partial charge in [0.2, 0.25) is 5.91 Å². The van der Waals surface area contributed by atoms with Gasteiger partial charge in [-0.3, -0.25) is 19.9 Å². The molecular weight excluding hydrogens is 562 g/mol. The monoisotopic (exact) mass is 583 g/mol. The van der Waals surface area contributed by atoms with Gasteiger partial charge in [-0.05, 0) is 76.5 Å². The average Bonchev–Trinajstić information content (AvgIpc) is 3.52. The van der Waals surface area contributed by atoms with E-state index in [0.29, 0.717) is 45.2 Å². The first-order valence-corrected chi connectivity index (χ1v) is 12.8. The van der Waals surface area contributed by atoms with E-state index in [0.717, 1.165) is 5.56 Å². The lowest BCUT2D eigenvalue weighted by Gasteiger charge is -2.18. The SMILES string of the molecule is O=C(O)Nc1ccc(-c2cc(C(Cc3cccnc3)NC(=O)C=Cc3cc(Cl)ccc3-n3cnnn3)n[nH]c2=O)cc1. The summed E-state index contributed by atoms with van der Waals surface area (Å²) in [5.41, 5.74) is 3.22. The largest absolute Gasteiger partial charge is 0.465 e. The molecule has 210 valence electrons. The highest BCUT2D eigenvalue weighted by Crippen LogP contribution is 2.23. The van der Waals surface area contributed by atoms with Gasteiger partial charge in [0.25, 0.3) is 5.56 Å². The zero-order valence-electron chi connectivity index (χ0n) is 21.7. The lowest BCUT2D eigenvalue weighted by Crippen LogP contribution is -2.30. The van der Waals surface area contributed by atoms with Gasteiger partial charge in [0.1, 0.15) is 6.33 Å². The van der Waals surface area contributed by atoms with E-state index in [-0.39, 0.29) is 0 Å². The number of benzene rings is 2. The standard InChI is InChI=1S/C28H22ClN9O4/c29-20-6-9-25(38-16-31-36-37-38)19(13-20)5-10-26(39)33-23(12-17-2-1-11-30-15-17)24-14-22(27(40)35-34-24)18-3-7-21(8-4-18)32-28(41)42/h1-11,13-16,23,32H,12H2,(H,33,39)(H,35,40)(H,41,42). The maximum atomic E-state index is 13.2. The topological polar surface area (TPSA) is 181 Å². The van der Waals surface area contributed by atoms with Gasteiger partial charge in [-0.1, -0.05) is 29.8 Å². The van der Waals surface area contributed by atoms with Crippen molar-refractivity contribution < 1.29 is 14.7 Å². The summed E-state index contributed by atoms with van der Waals surface area (Å²) in [6.45, 7) is 0. The number of aromatic amines is 1. The van der Waals surface area contributed by atoms with Crippen LogP contribution in [0, 0.1) is 0 Å². The number of hydrogen-bond acceptors (Lipinski definition) is 8. The molecule has 0 radical (unpaired) electrons. The molecule has 0 aliphatic carbocycles. The number of amides is 2. The molecule has 0 bridgehead atoms. The third kappa shape index (κ3) is 6.89. The summed E-state index contributed by atoms with van der Waals surface area (Å²) in [6, 6.07) is 16.0. The molecule has 5 aromatic rings. The number of H-pyrrole nitrogens is 1. The summed E-state index contributed by atoms with van der Waals surface area (Å²) >= 11 is 6.19. The van der Waals surface area contributed by atoms with Gasteiger partial charge in [0.05, 0.1) is 23.0 Å². The third-order valence-corrected chi connectivity index (χ3v) is 6.34. The van der Waals surface area contributed by atoms with Crippen LogP contribution in [0.5, 0.6) is 0 Å². The molecule has 0 saturated carbocycles. The number of pyridine rings is 1. The lowest BCUT2D eigenvalue weighted by atomic mass is 10.0. The fraction of sp³-hybridized carbons (Fsp3) is 0.0714. The Hall–Kier alpha value is -5.69. The van der Waals surface area contributed by atoms with E-state index in [4.69, 9.17) is 16.7 Å². The Balaban J connectivity index is 1.43. The predicted octanol–water partition coefficient (Wildman–Crippen LogP) is 3.66. The van der Waals surface area contributed by atoms with Gasteiger partial charge in [-0.25, -0.2) is 9.89 Å². The number of nitrogens with one attached hydrogen (secondary N) is 3. The molecule has 0 saturated heterocycles. The van der Waals surface area contributed by atoms with Gasteiger partial charge in [-0.15, -0.1) is 5.10 Å². The number of nitrogens with zero attached hydrogens (tertiary/aromatic N) is 6. The van der Waals surface area contributed by atoms with Crippen molar-refractivity contribution in [3.05, 3.63) is 118 Å². The van der Waals surface area contributed by atoms with Crippen molar-refractivity contribution in [3.8, 4) is 16.8 Å². The van der Waals surface area contributed by atoms with Gasteiger partial charge in [0, 0.05) is 34.7 Å². The van der Waals surface area contributed by atoms with E-state index in [1.807, 2.05) is 6.07 Å². The van der Waals surface area contributed by atoms with Crippen molar-refractivity contribution in [1.29, 1.82) is 0 Å². The molecule has 0 aliphatic heterocycles. The molecule has 4 N–H and O–H groups in total. The number of carboxylic acid groups (broad SMARTS) is 1. The number of carbonyl (C=O) groups excluding carboxylic acids is 1. The number of carbonyl (C=O) groups is 2. The zero-order chi connectivity index (χ0) is 29.5. The number of halogens is 1. The first-order chi connectivity index (χ1) is 20.4. The van der Waals surface area contributed by atoms with Gasteiger partial charge >= 0.3 is 6.09 Å². The molecule has 0 spiro atoms. The highest BCUT2D eigenvalue weighted by molar-refractivity contribution is 6.30. The maximum absolute atomic E-state index is 13.2. The van der Waals surface area contributed by atoms with Crippen molar-refractivity contribution >= 4 is 35.4 Å². The molecule has 3 aromatic heterocycles. The molecule has 1 unspecified atom stereocenters. The Morgan fingerprint density at radius 3 is 2.67 bits per heavy atom. The fourth-order valence-electron chi connectivity index (χ4n) is 4.18. The Labute approximate surface area is 242 Å². The molecule has 14 heteroatoms. The van der Waals surface area contributed by atoms with Crippen molar-refractivity contribution in [2.75, 3.05) is 5.32 Å². The van der Waals surface area contributed by atoms with Crippen LogP contribution in [0.4, 0.5) is 10.5 Å². The highest BCUT2D eigenvalue weighted by Gasteiger charge is 2.19. The summed E-state index contributed by atoms with van der Waals surface area (Å²) in [4.78, 5) is 40.9. The molecular formula is C28H22ClN9O4. The van der Waals surface area contributed by atoms with E-state index < -0.39 is 23.6 Å². The van der Waals surface area contributed by atoms with Crippen molar-refractivity contribution in [2.24, 2.45) is 0 Å². The Morgan fingerprint density at radius 1 is 1.12 bits per heavy atom. The smallest absolute Gasteiger partial charge is 0.409 e. The lowest BCUT2D eigenvalue weighted by molar-refractivity contribution is -0.117. The first-order valence-electron chi connectivity index (χ1n) is 12.5. The molecule has 0 fully saturated rings. The first kappa shape index (κ1) is 27.9. The zero-order valence-corrected chi connectivity index (χ0v) is 22.4. The molecule has 5 rings (SSSR count). The molecule has 2 amide bonds. The summed E-state index contributed by atoms with van der Waals surface area (Å²) < 4.78 is 1.45. The van der Waals surface area contributed by atoms with Crippen LogP contribution in [-0.4, -0.2) is 52.5 Å². The minimum absolute atomic E-state index is 0.299. The van der Waals surface area contributed by atoms with E-state index in [1.54, 1.807) is 73.1 Å². The molecule has 0 aliphatic rings. The second kappa shape index (κ2) is 12.7. The maximum Gasteiger partial charge on any atom is 0.409 e. The number of aromatic nitrogens is 7. The minimum atomic E-state index is -1.20. The van der Waals surface area contributed by atoms with Crippen molar-refractivity contribution in [2.45, 2.75) is 12.5 Å².